The molecule has 2 aromatic rings. The second-order valence-corrected chi connectivity index (χ2v) is 5.44. The molecule has 1 aliphatic rings. The number of fused-ring (bicyclic) bond motifs is 1. The molecule has 120 valence electrons. The average molecular weight is 316 g/mol. The van der Waals surface area contributed by atoms with E-state index in [1.54, 1.807) is 17.9 Å². The first-order chi connectivity index (χ1) is 11.0. The van der Waals surface area contributed by atoms with E-state index in [9.17, 15) is 4.79 Å². The van der Waals surface area contributed by atoms with Gasteiger partial charge in [0.1, 0.15) is 0 Å². The number of nitrogen functional groups attached to an aromatic ring is 1. The largest absolute Gasteiger partial charge is 0.398 e. The fourth-order valence-electron chi connectivity index (χ4n) is 2.77. The third-order valence-corrected chi connectivity index (χ3v) is 4.01. The van der Waals surface area contributed by atoms with E-state index in [4.69, 9.17) is 16.2 Å². The van der Waals surface area contributed by atoms with Crippen LogP contribution in [0, 0.1) is 6.92 Å². The predicted molar refractivity (Wildman–Crippen MR) is 82.1 cm³/mol. The molecule has 1 amide bonds. The quantitative estimate of drug-likeness (QED) is 0.456. The Bertz CT molecular complexity index is 775. The second kappa shape index (κ2) is 5.79. The van der Waals surface area contributed by atoms with E-state index in [0.29, 0.717) is 24.3 Å². The smallest absolute Gasteiger partial charge is 0.258 e. The maximum atomic E-state index is 12.7. The van der Waals surface area contributed by atoms with Crippen molar-refractivity contribution in [2.45, 2.75) is 20.0 Å². The molecule has 3 rings (SSSR count). The zero-order chi connectivity index (χ0) is 16.6. The Morgan fingerprint density at radius 2 is 1.91 bits per heavy atom. The fourth-order valence-corrected chi connectivity index (χ4v) is 2.77. The van der Waals surface area contributed by atoms with Crippen LogP contribution in [-0.4, -0.2) is 21.3 Å². The summed E-state index contributed by atoms with van der Waals surface area (Å²) in [5.74, 6) is -0.301. The van der Waals surface area contributed by atoms with Crippen molar-refractivity contribution in [3.63, 3.8) is 0 Å². The summed E-state index contributed by atoms with van der Waals surface area (Å²) in [4.78, 5) is 22.8. The van der Waals surface area contributed by atoms with Crippen molar-refractivity contribution in [2.75, 3.05) is 5.73 Å². The number of carbonyl (C=O) groups is 1. The lowest BCUT2D eigenvalue weighted by atomic mass is 10.1. The highest BCUT2D eigenvalue weighted by molar-refractivity contribution is 5.97. The molecule has 2 aromatic carbocycles. The number of aryl methyl sites for hydroxylation is 1. The summed E-state index contributed by atoms with van der Waals surface area (Å²) < 4.78 is 0. The Kier molecular flexibility index (Phi) is 3.81. The monoisotopic (exact) mass is 316 g/mol. The van der Waals surface area contributed by atoms with Gasteiger partial charge in [-0.15, -0.1) is 0 Å². The van der Waals surface area contributed by atoms with Gasteiger partial charge in [-0.05, 0) is 35.7 Å². The summed E-state index contributed by atoms with van der Waals surface area (Å²) in [6, 6.07) is 8.32. The van der Waals surface area contributed by atoms with Gasteiger partial charge in [0, 0.05) is 24.8 Å². The summed E-state index contributed by atoms with van der Waals surface area (Å²) in [6.45, 7) is 2.49. The number of hydrogen-bond donors (Lipinski definition) is 3. The van der Waals surface area contributed by atoms with Gasteiger partial charge in [-0.3, -0.25) is 4.79 Å². The van der Waals surface area contributed by atoms with Crippen LogP contribution in [0.15, 0.2) is 30.3 Å². The number of nitrogens with zero attached hydrogens (tertiary/aromatic N) is 1. The van der Waals surface area contributed by atoms with Gasteiger partial charge in [-0.1, -0.05) is 12.1 Å². The van der Waals surface area contributed by atoms with Gasteiger partial charge in [-0.25, -0.2) is 10.5 Å². The van der Waals surface area contributed by atoms with Crippen LogP contribution in [0.4, 0.5) is 5.69 Å². The molecule has 0 atom stereocenters. The fraction of sp³-hybridized carbons (Fsp3) is 0.188. The molecule has 0 saturated heterocycles. The van der Waals surface area contributed by atoms with Crippen molar-refractivity contribution in [3.8, 4) is 11.5 Å². The van der Waals surface area contributed by atoms with Gasteiger partial charge in [0.2, 0.25) is 0 Å². The highest BCUT2D eigenvalue weighted by Crippen LogP contribution is 2.33. The predicted octanol–water partition coefficient (Wildman–Crippen LogP) is 2.44. The Hall–Kier alpha value is -2.77. The van der Waals surface area contributed by atoms with Crippen LogP contribution in [0.3, 0.4) is 0 Å². The van der Waals surface area contributed by atoms with Crippen LogP contribution in [0.5, 0.6) is 11.5 Å². The Balaban J connectivity index is 1.93. The van der Waals surface area contributed by atoms with Gasteiger partial charge >= 0.3 is 0 Å². The minimum Gasteiger partial charge on any atom is -0.398 e. The molecule has 0 unspecified atom stereocenters. The van der Waals surface area contributed by atoms with Crippen molar-refractivity contribution in [2.24, 2.45) is 0 Å². The van der Waals surface area contributed by atoms with Crippen molar-refractivity contribution < 1.29 is 25.1 Å². The number of carbonyl (C=O) groups excluding carboxylic acids is 1. The molecule has 4 N–H and O–H groups in total. The molecule has 0 aromatic heterocycles. The SMILES string of the molecule is Cc1cc(C(=O)N2Cc3cccc(N)c3C2)c(OO)cc1OO. The number of anilines is 1. The summed E-state index contributed by atoms with van der Waals surface area (Å²) >= 11 is 0. The first-order valence-corrected chi connectivity index (χ1v) is 6.98. The van der Waals surface area contributed by atoms with Crippen molar-refractivity contribution in [3.05, 3.63) is 52.6 Å². The lowest BCUT2D eigenvalue weighted by molar-refractivity contribution is -0.145. The van der Waals surface area contributed by atoms with Crippen LogP contribution < -0.4 is 15.5 Å². The first kappa shape index (κ1) is 15.1. The molecule has 1 aliphatic heterocycles. The molecule has 1 heterocycles. The Morgan fingerprint density at radius 3 is 2.57 bits per heavy atom. The van der Waals surface area contributed by atoms with Crippen molar-refractivity contribution >= 4 is 11.6 Å². The van der Waals surface area contributed by atoms with E-state index in [1.165, 1.54) is 12.1 Å². The molecular formula is C16H16N2O5. The maximum absolute atomic E-state index is 12.7. The molecule has 0 spiro atoms. The number of nitrogens with two attached hydrogens (primary N) is 1. The maximum Gasteiger partial charge on any atom is 0.258 e. The van der Waals surface area contributed by atoms with Crippen LogP contribution in [-0.2, 0) is 13.1 Å². The summed E-state index contributed by atoms with van der Waals surface area (Å²) in [7, 11) is 0. The highest BCUT2D eigenvalue weighted by atomic mass is 17.1. The zero-order valence-corrected chi connectivity index (χ0v) is 12.4. The summed E-state index contributed by atoms with van der Waals surface area (Å²) in [5, 5.41) is 17.8. The molecule has 0 fully saturated rings. The van der Waals surface area contributed by atoms with Crippen molar-refractivity contribution in [1.29, 1.82) is 0 Å². The van der Waals surface area contributed by atoms with E-state index in [0.717, 1.165) is 11.1 Å². The molecule has 23 heavy (non-hydrogen) atoms. The number of rotatable bonds is 3. The molecular weight excluding hydrogens is 300 g/mol. The second-order valence-electron chi connectivity index (χ2n) is 5.44. The van der Waals surface area contributed by atoms with Crippen LogP contribution in [0.1, 0.15) is 27.0 Å². The van der Waals surface area contributed by atoms with Gasteiger partial charge in [0.25, 0.3) is 5.91 Å². The zero-order valence-electron chi connectivity index (χ0n) is 12.4. The third-order valence-electron chi connectivity index (χ3n) is 4.01. The molecule has 0 bridgehead atoms. The summed E-state index contributed by atoms with van der Waals surface area (Å²) in [5.41, 5.74) is 9.23. The Morgan fingerprint density at radius 1 is 1.17 bits per heavy atom. The van der Waals surface area contributed by atoms with Crippen molar-refractivity contribution in [1.82, 2.24) is 4.90 Å². The molecule has 7 heteroatoms. The molecule has 0 radical (unpaired) electrons. The highest BCUT2D eigenvalue weighted by Gasteiger charge is 2.28. The average Bonchev–Trinajstić information content (AvgIpc) is 2.99. The minimum absolute atomic E-state index is 0.0893. The number of benzene rings is 2. The molecule has 0 saturated carbocycles. The minimum atomic E-state index is -0.308. The van der Waals surface area contributed by atoms with E-state index in [2.05, 4.69) is 9.78 Å². The van der Waals surface area contributed by atoms with Crippen LogP contribution in [0.2, 0.25) is 0 Å². The van der Waals surface area contributed by atoms with Crippen LogP contribution >= 0.6 is 0 Å². The number of hydrogen-bond acceptors (Lipinski definition) is 6. The lowest BCUT2D eigenvalue weighted by Gasteiger charge is -2.17. The van der Waals surface area contributed by atoms with E-state index < -0.39 is 0 Å². The normalized spacial score (nSPS) is 12.9. The standard InChI is InChI=1S/C16H16N2O5/c1-9-5-11(15(23-21)6-14(9)22-20)16(19)18-7-10-3-2-4-13(17)12(10)8-18/h2-6,20-21H,7-8,17H2,1H3. The molecule has 7 nitrogen and oxygen atoms in total. The van der Waals surface area contributed by atoms with E-state index in [-0.39, 0.29) is 23.0 Å². The van der Waals surface area contributed by atoms with Gasteiger partial charge in [-0.2, -0.15) is 0 Å². The van der Waals surface area contributed by atoms with Crippen LogP contribution in [0.25, 0.3) is 0 Å². The third kappa shape index (κ3) is 2.56. The van der Waals surface area contributed by atoms with Gasteiger partial charge < -0.3 is 20.4 Å². The van der Waals surface area contributed by atoms with E-state index >= 15 is 0 Å². The Labute approximate surface area is 132 Å². The lowest BCUT2D eigenvalue weighted by Crippen LogP contribution is -2.26. The first-order valence-electron chi connectivity index (χ1n) is 6.98. The molecule has 0 aliphatic carbocycles. The summed E-state index contributed by atoms with van der Waals surface area (Å²) in [6.07, 6.45) is 0. The van der Waals surface area contributed by atoms with Gasteiger partial charge in [0.05, 0.1) is 5.56 Å². The van der Waals surface area contributed by atoms with E-state index in [1.807, 2.05) is 12.1 Å². The number of amides is 1. The topological polar surface area (TPSA) is 105 Å². The van der Waals surface area contributed by atoms with Gasteiger partial charge in [0.15, 0.2) is 11.5 Å².